The molecule has 0 atom stereocenters. The zero-order chi connectivity index (χ0) is 11.8. The highest BCUT2D eigenvalue weighted by Crippen LogP contribution is 2.04. The summed E-state index contributed by atoms with van der Waals surface area (Å²) in [4.78, 5) is 4.48. The Morgan fingerprint density at radius 3 is 2.44 bits per heavy atom. The molecule has 0 saturated carbocycles. The van der Waals surface area contributed by atoms with Crippen LogP contribution < -0.4 is 0 Å². The Bertz CT molecular complexity index is 277. The van der Waals surface area contributed by atoms with Gasteiger partial charge in [-0.25, -0.2) is 0 Å². The number of hydrogen-bond donors (Lipinski definition) is 1. The van der Waals surface area contributed by atoms with Crippen LogP contribution in [0.3, 0.4) is 0 Å². The van der Waals surface area contributed by atoms with Gasteiger partial charge in [-0.1, -0.05) is 37.3 Å². The monoisotopic (exact) mass is 222 g/mol. The van der Waals surface area contributed by atoms with Crippen LogP contribution in [-0.2, 0) is 6.54 Å². The fraction of sp³-hybridized carbons (Fsp3) is 0.538. The van der Waals surface area contributed by atoms with Gasteiger partial charge < -0.3 is 5.11 Å². The summed E-state index contributed by atoms with van der Waals surface area (Å²) in [5.41, 5.74) is 1.29. The number of hydrogen-bond acceptors (Lipinski definition) is 3. The van der Waals surface area contributed by atoms with E-state index in [1.807, 2.05) is 6.07 Å². The van der Waals surface area contributed by atoms with Crippen LogP contribution in [0.1, 0.15) is 12.5 Å². The van der Waals surface area contributed by atoms with E-state index in [0.29, 0.717) is 0 Å². The molecule has 0 bridgehead atoms. The molecule has 0 aliphatic carbocycles. The molecule has 0 amide bonds. The summed E-state index contributed by atoms with van der Waals surface area (Å²) in [6, 6.07) is 10.4. The molecule has 1 aromatic carbocycles. The summed E-state index contributed by atoms with van der Waals surface area (Å²) >= 11 is 0. The van der Waals surface area contributed by atoms with Crippen LogP contribution in [-0.4, -0.2) is 48.3 Å². The Kier molecular flexibility index (Phi) is 6.08. The molecule has 0 spiro atoms. The van der Waals surface area contributed by atoms with Gasteiger partial charge in [-0.2, -0.15) is 0 Å². The van der Waals surface area contributed by atoms with E-state index in [-0.39, 0.29) is 6.61 Å². The van der Waals surface area contributed by atoms with Crippen molar-refractivity contribution in [3.63, 3.8) is 0 Å². The number of benzene rings is 1. The highest BCUT2D eigenvalue weighted by Gasteiger charge is 2.07. The normalized spacial score (nSPS) is 11.3. The lowest BCUT2D eigenvalue weighted by Crippen LogP contribution is -2.36. The minimum Gasteiger partial charge on any atom is -0.395 e. The molecule has 3 nitrogen and oxygen atoms in total. The second kappa shape index (κ2) is 7.39. The average Bonchev–Trinajstić information content (AvgIpc) is 2.30. The zero-order valence-corrected chi connectivity index (χ0v) is 10.3. The molecule has 1 aromatic rings. The van der Waals surface area contributed by atoms with Crippen LogP contribution in [0.25, 0.3) is 0 Å². The molecule has 0 aliphatic rings. The van der Waals surface area contributed by atoms with Crippen LogP contribution in [0.2, 0.25) is 0 Å². The summed E-state index contributed by atoms with van der Waals surface area (Å²) in [7, 11) is 2.09. The molecule has 0 heterocycles. The van der Waals surface area contributed by atoms with Gasteiger partial charge in [0, 0.05) is 13.1 Å². The van der Waals surface area contributed by atoms with Gasteiger partial charge in [0.15, 0.2) is 0 Å². The second-order valence-electron chi connectivity index (χ2n) is 4.08. The van der Waals surface area contributed by atoms with Crippen LogP contribution in [0.4, 0.5) is 0 Å². The van der Waals surface area contributed by atoms with E-state index in [2.05, 4.69) is 48.0 Å². The molecule has 16 heavy (non-hydrogen) atoms. The first-order valence-corrected chi connectivity index (χ1v) is 5.82. The van der Waals surface area contributed by atoms with Gasteiger partial charge in [-0.15, -0.1) is 0 Å². The first kappa shape index (κ1) is 13.2. The quantitative estimate of drug-likeness (QED) is 0.706. The first-order chi connectivity index (χ1) is 7.76. The topological polar surface area (TPSA) is 26.7 Å². The fourth-order valence-corrected chi connectivity index (χ4v) is 1.62. The fourth-order valence-electron chi connectivity index (χ4n) is 1.62. The number of aliphatic hydroxyl groups excluding tert-OH is 1. The standard InChI is InChI=1S/C13H22N2O/c1-3-14(2)12-15(9-10-16)11-13-7-5-4-6-8-13/h4-8,16H,3,9-12H2,1-2H3. The van der Waals surface area contributed by atoms with Crippen LogP contribution in [0.15, 0.2) is 30.3 Å². The van der Waals surface area contributed by atoms with E-state index < -0.39 is 0 Å². The number of nitrogens with zero attached hydrogens (tertiary/aromatic N) is 2. The maximum Gasteiger partial charge on any atom is 0.0559 e. The summed E-state index contributed by atoms with van der Waals surface area (Å²) in [6.07, 6.45) is 0. The summed E-state index contributed by atoms with van der Waals surface area (Å²) in [5.74, 6) is 0. The molecule has 0 unspecified atom stereocenters. The molecule has 1 rings (SSSR count). The minimum atomic E-state index is 0.213. The number of aliphatic hydroxyl groups is 1. The van der Waals surface area contributed by atoms with Crippen LogP contribution >= 0.6 is 0 Å². The van der Waals surface area contributed by atoms with Crippen molar-refractivity contribution in [3.8, 4) is 0 Å². The van der Waals surface area contributed by atoms with Crippen molar-refractivity contribution in [1.29, 1.82) is 0 Å². The lowest BCUT2D eigenvalue weighted by Gasteiger charge is -2.26. The van der Waals surface area contributed by atoms with E-state index in [4.69, 9.17) is 5.11 Å². The molecule has 0 saturated heterocycles. The highest BCUT2D eigenvalue weighted by molar-refractivity contribution is 5.14. The Morgan fingerprint density at radius 2 is 1.88 bits per heavy atom. The van der Waals surface area contributed by atoms with E-state index in [0.717, 1.165) is 26.3 Å². The Labute approximate surface area is 98.3 Å². The van der Waals surface area contributed by atoms with Crippen LogP contribution in [0, 0.1) is 0 Å². The second-order valence-corrected chi connectivity index (χ2v) is 4.08. The van der Waals surface area contributed by atoms with Gasteiger partial charge in [0.1, 0.15) is 0 Å². The van der Waals surface area contributed by atoms with E-state index in [1.165, 1.54) is 5.56 Å². The van der Waals surface area contributed by atoms with E-state index in [9.17, 15) is 0 Å². The molecule has 3 heteroatoms. The molecule has 0 fully saturated rings. The summed E-state index contributed by atoms with van der Waals surface area (Å²) in [5, 5.41) is 9.04. The Morgan fingerprint density at radius 1 is 1.19 bits per heavy atom. The van der Waals surface area contributed by atoms with Crippen molar-refractivity contribution in [2.75, 3.05) is 33.4 Å². The SMILES string of the molecule is CCN(C)CN(CCO)Cc1ccccc1. The molecule has 90 valence electrons. The van der Waals surface area contributed by atoms with Gasteiger partial charge in [-0.05, 0) is 19.2 Å². The predicted molar refractivity (Wildman–Crippen MR) is 67.1 cm³/mol. The predicted octanol–water partition coefficient (Wildman–Crippen LogP) is 1.39. The third kappa shape index (κ3) is 4.75. The van der Waals surface area contributed by atoms with Gasteiger partial charge in [0.25, 0.3) is 0 Å². The van der Waals surface area contributed by atoms with Crippen molar-refractivity contribution in [2.45, 2.75) is 13.5 Å². The molecular weight excluding hydrogens is 200 g/mol. The highest BCUT2D eigenvalue weighted by atomic mass is 16.3. The molecule has 0 aromatic heterocycles. The lowest BCUT2D eigenvalue weighted by molar-refractivity contribution is 0.124. The van der Waals surface area contributed by atoms with Gasteiger partial charge >= 0.3 is 0 Å². The first-order valence-electron chi connectivity index (χ1n) is 5.82. The van der Waals surface area contributed by atoms with Crippen molar-refractivity contribution >= 4 is 0 Å². The van der Waals surface area contributed by atoms with E-state index >= 15 is 0 Å². The largest absolute Gasteiger partial charge is 0.395 e. The third-order valence-corrected chi connectivity index (χ3v) is 2.65. The van der Waals surface area contributed by atoms with Crippen molar-refractivity contribution in [1.82, 2.24) is 9.80 Å². The maximum absolute atomic E-state index is 9.04. The third-order valence-electron chi connectivity index (χ3n) is 2.65. The Hall–Kier alpha value is -0.900. The lowest BCUT2D eigenvalue weighted by atomic mass is 10.2. The van der Waals surface area contributed by atoms with Crippen molar-refractivity contribution < 1.29 is 5.11 Å². The number of rotatable bonds is 7. The van der Waals surface area contributed by atoms with Crippen LogP contribution in [0.5, 0.6) is 0 Å². The molecular formula is C13H22N2O. The Balaban J connectivity index is 2.50. The smallest absolute Gasteiger partial charge is 0.0559 e. The van der Waals surface area contributed by atoms with Gasteiger partial charge in [0.05, 0.1) is 13.3 Å². The van der Waals surface area contributed by atoms with Gasteiger partial charge in [-0.3, -0.25) is 9.80 Å². The van der Waals surface area contributed by atoms with E-state index in [1.54, 1.807) is 0 Å². The average molecular weight is 222 g/mol. The maximum atomic E-state index is 9.04. The van der Waals surface area contributed by atoms with Crippen molar-refractivity contribution in [2.24, 2.45) is 0 Å². The molecule has 0 aliphatic heterocycles. The van der Waals surface area contributed by atoms with Crippen molar-refractivity contribution in [3.05, 3.63) is 35.9 Å². The molecule has 0 radical (unpaired) electrons. The molecule has 1 N–H and O–H groups in total. The minimum absolute atomic E-state index is 0.213. The van der Waals surface area contributed by atoms with Gasteiger partial charge in [0.2, 0.25) is 0 Å². The summed E-state index contributed by atoms with van der Waals surface area (Å²) in [6.45, 7) is 5.89. The summed E-state index contributed by atoms with van der Waals surface area (Å²) < 4.78 is 0. The zero-order valence-electron chi connectivity index (χ0n) is 10.3.